The molecular formula is C29H35FN6O4. The molecule has 0 amide bonds. The van der Waals surface area contributed by atoms with Gasteiger partial charge in [-0.25, -0.2) is 9.07 Å². The Hall–Kier alpha value is -3.83. The fourth-order valence-electron chi connectivity index (χ4n) is 5.41. The Kier molecular flexibility index (Phi) is 8.41. The highest BCUT2D eigenvalue weighted by Crippen LogP contribution is 2.33. The predicted molar refractivity (Wildman–Crippen MR) is 148 cm³/mol. The van der Waals surface area contributed by atoms with E-state index in [2.05, 4.69) is 39.3 Å². The lowest BCUT2D eigenvalue weighted by molar-refractivity contribution is 0.0851. The summed E-state index contributed by atoms with van der Waals surface area (Å²) in [4.78, 5) is 18.5. The monoisotopic (exact) mass is 550 g/mol. The summed E-state index contributed by atoms with van der Waals surface area (Å²) in [5.74, 6) is 1.61. The Morgan fingerprint density at radius 3 is 2.55 bits per heavy atom. The Morgan fingerprint density at radius 1 is 1.12 bits per heavy atom. The van der Waals surface area contributed by atoms with E-state index >= 15 is 0 Å². The van der Waals surface area contributed by atoms with Crippen LogP contribution in [0.4, 0.5) is 4.39 Å². The Balaban J connectivity index is 1.54. The van der Waals surface area contributed by atoms with Gasteiger partial charge in [0.05, 0.1) is 38.4 Å². The zero-order valence-corrected chi connectivity index (χ0v) is 23.3. The second-order valence-electron chi connectivity index (χ2n) is 10.5. The number of methoxy groups -OCH3 is 2. The van der Waals surface area contributed by atoms with E-state index in [1.54, 1.807) is 32.4 Å². The van der Waals surface area contributed by atoms with E-state index in [4.69, 9.17) is 14.2 Å². The van der Waals surface area contributed by atoms with Gasteiger partial charge in [-0.3, -0.25) is 9.69 Å². The van der Waals surface area contributed by atoms with Gasteiger partial charge in [-0.05, 0) is 59.0 Å². The van der Waals surface area contributed by atoms with Gasteiger partial charge in [-0.15, -0.1) is 5.10 Å². The van der Waals surface area contributed by atoms with E-state index < -0.39 is 0 Å². The molecule has 0 saturated carbocycles. The van der Waals surface area contributed by atoms with Crippen LogP contribution in [0.15, 0.2) is 47.3 Å². The molecule has 3 heterocycles. The molecule has 11 heteroatoms. The number of aromatic amines is 1. The van der Waals surface area contributed by atoms with E-state index in [0.717, 1.165) is 30.4 Å². The first kappa shape index (κ1) is 27.7. The van der Waals surface area contributed by atoms with E-state index in [1.807, 2.05) is 16.8 Å². The zero-order chi connectivity index (χ0) is 28.2. The third-order valence-electron chi connectivity index (χ3n) is 7.35. The number of hydrogen-bond acceptors (Lipinski definition) is 8. The van der Waals surface area contributed by atoms with Crippen LogP contribution in [0.3, 0.4) is 0 Å². The predicted octanol–water partition coefficient (Wildman–Crippen LogP) is 4.25. The lowest BCUT2D eigenvalue weighted by atomic mass is 9.99. The molecule has 1 saturated heterocycles. The summed E-state index contributed by atoms with van der Waals surface area (Å²) in [5.41, 5.74) is 1.93. The molecule has 2 aromatic heterocycles. The van der Waals surface area contributed by atoms with E-state index in [1.165, 1.54) is 12.1 Å². The van der Waals surface area contributed by atoms with Crippen LogP contribution < -0.4 is 15.0 Å². The molecule has 212 valence electrons. The van der Waals surface area contributed by atoms with Crippen molar-refractivity contribution in [3.05, 3.63) is 75.6 Å². The third kappa shape index (κ3) is 6.00. The zero-order valence-electron chi connectivity index (χ0n) is 23.3. The number of ether oxygens (including phenoxy) is 3. The lowest BCUT2D eigenvalue weighted by Crippen LogP contribution is -2.36. The van der Waals surface area contributed by atoms with Gasteiger partial charge in [0.15, 0.2) is 17.3 Å². The van der Waals surface area contributed by atoms with Crippen LogP contribution >= 0.6 is 0 Å². The fourth-order valence-corrected chi connectivity index (χ4v) is 5.41. The van der Waals surface area contributed by atoms with Crippen molar-refractivity contribution in [1.29, 1.82) is 0 Å². The number of rotatable bonds is 11. The number of halogens is 1. The highest BCUT2D eigenvalue weighted by atomic mass is 19.1. The van der Waals surface area contributed by atoms with Gasteiger partial charge in [-0.2, -0.15) is 0 Å². The van der Waals surface area contributed by atoms with Gasteiger partial charge in [0.2, 0.25) is 0 Å². The van der Waals surface area contributed by atoms with Gasteiger partial charge >= 0.3 is 0 Å². The number of aromatic nitrogens is 5. The summed E-state index contributed by atoms with van der Waals surface area (Å²) in [5, 5.41) is 13.6. The van der Waals surface area contributed by atoms with Crippen LogP contribution in [0.25, 0.3) is 10.9 Å². The Bertz CT molecular complexity index is 1500. The lowest BCUT2D eigenvalue weighted by Gasteiger charge is -2.33. The molecular weight excluding hydrogens is 515 g/mol. The summed E-state index contributed by atoms with van der Waals surface area (Å²) < 4.78 is 32.3. The molecule has 2 aromatic carbocycles. The molecule has 40 heavy (non-hydrogen) atoms. The van der Waals surface area contributed by atoms with Gasteiger partial charge in [0, 0.05) is 36.7 Å². The quantitative estimate of drug-likeness (QED) is 0.295. The summed E-state index contributed by atoms with van der Waals surface area (Å²) in [6.07, 6.45) is 2.05. The number of nitrogens with zero attached hydrogens (tertiary/aromatic N) is 5. The molecule has 2 atom stereocenters. The maximum Gasteiger partial charge on any atom is 0.252 e. The highest BCUT2D eigenvalue weighted by Gasteiger charge is 2.31. The van der Waals surface area contributed by atoms with Crippen LogP contribution in [-0.4, -0.2) is 57.0 Å². The average molecular weight is 551 g/mol. The van der Waals surface area contributed by atoms with Crippen molar-refractivity contribution in [2.24, 2.45) is 5.92 Å². The minimum atomic E-state index is -0.299. The standard InChI is InChI=1S/C29H35FN6O4/c1-18(2)27(28-32-33-34-36(28)17-23-6-5-11-40-23)35(15-19-7-9-22(30)10-8-19)16-21-12-20-13-25(38-3)26(39-4)14-24(20)31-29(21)37/h7-10,12-14,18,23,27H,5-6,11,15-17H2,1-4H3,(H,31,37). The summed E-state index contributed by atoms with van der Waals surface area (Å²) in [6.45, 7) is 6.29. The van der Waals surface area contributed by atoms with Crippen LogP contribution in [0.2, 0.25) is 0 Å². The van der Waals surface area contributed by atoms with Crippen molar-refractivity contribution in [3.63, 3.8) is 0 Å². The molecule has 1 aliphatic heterocycles. The number of nitrogens with one attached hydrogen (secondary N) is 1. The third-order valence-corrected chi connectivity index (χ3v) is 7.35. The Morgan fingerprint density at radius 2 is 1.88 bits per heavy atom. The van der Waals surface area contributed by atoms with E-state index in [9.17, 15) is 9.18 Å². The molecule has 1 N–H and O–H groups in total. The van der Waals surface area contributed by atoms with Crippen molar-refractivity contribution >= 4 is 10.9 Å². The number of benzene rings is 2. The first-order chi connectivity index (χ1) is 19.4. The maximum absolute atomic E-state index is 13.7. The average Bonchev–Trinajstić information content (AvgIpc) is 3.62. The number of pyridine rings is 1. The molecule has 0 bridgehead atoms. The van der Waals surface area contributed by atoms with Crippen molar-refractivity contribution in [2.75, 3.05) is 20.8 Å². The molecule has 5 rings (SSSR count). The maximum atomic E-state index is 13.7. The van der Waals surface area contributed by atoms with Crippen LogP contribution in [0, 0.1) is 11.7 Å². The van der Waals surface area contributed by atoms with Crippen molar-refractivity contribution in [2.45, 2.75) is 58.5 Å². The van der Waals surface area contributed by atoms with E-state index in [-0.39, 0.29) is 29.4 Å². The summed E-state index contributed by atoms with van der Waals surface area (Å²) in [7, 11) is 3.14. The normalized spacial score (nSPS) is 16.2. The molecule has 0 aliphatic carbocycles. The van der Waals surface area contributed by atoms with Crippen LogP contribution in [-0.2, 0) is 24.4 Å². The molecule has 1 aliphatic rings. The number of hydrogen-bond donors (Lipinski definition) is 1. The summed E-state index contributed by atoms with van der Waals surface area (Å²) in [6, 6.07) is 11.7. The molecule has 2 unspecified atom stereocenters. The smallest absolute Gasteiger partial charge is 0.252 e. The second-order valence-corrected chi connectivity index (χ2v) is 10.5. The molecule has 1 fully saturated rings. The first-order valence-corrected chi connectivity index (χ1v) is 13.5. The SMILES string of the molecule is COc1cc2cc(CN(Cc3ccc(F)cc3)C(c3nnnn3CC3CCCO3)C(C)C)c(=O)[nH]c2cc1OC. The van der Waals surface area contributed by atoms with Gasteiger partial charge in [0.1, 0.15) is 5.82 Å². The van der Waals surface area contributed by atoms with Crippen LogP contribution in [0.5, 0.6) is 11.5 Å². The molecule has 0 radical (unpaired) electrons. The van der Waals surface area contributed by atoms with Crippen molar-refractivity contribution < 1.29 is 18.6 Å². The minimum absolute atomic E-state index is 0.0657. The van der Waals surface area contributed by atoms with Crippen molar-refractivity contribution in [3.8, 4) is 11.5 Å². The molecule has 4 aromatic rings. The van der Waals surface area contributed by atoms with Gasteiger partial charge in [0.25, 0.3) is 5.56 Å². The molecule has 0 spiro atoms. The first-order valence-electron chi connectivity index (χ1n) is 13.5. The fraction of sp³-hybridized carbons (Fsp3) is 0.448. The van der Waals surface area contributed by atoms with E-state index in [0.29, 0.717) is 48.0 Å². The molecule has 10 nitrogen and oxygen atoms in total. The number of tetrazole rings is 1. The largest absolute Gasteiger partial charge is 0.493 e. The highest BCUT2D eigenvalue weighted by molar-refractivity contribution is 5.83. The second kappa shape index (κ2) is 12.1. The number of H-pyrrole nitrogens is 1. The van der Waals surface area contributed by atoms with Crippen LogP contribution in [0.1, 0.15) is 49.7 Å². The van der Waals surface area contributed by atoms with Gasteiger partial charge < -0.3 is 19.2 Å². The van der Waals surface area contributed by atoms with Crippen molar-refractivity contribution in [1.82, 2.24) is 30.1 Å². The topological polar surface area (TPSA) is 107 Å². The Labute approximate surface area is 232 Å². The summed E-state index contributed by atoms with van der Waals surface area (Å²) >= 11 is 0. The minimum Gasteiger partial charge on any atom is -0.493 e. The number of fused-ring (bicyclic) bond motifs is 1. The van der Waals surface area contributed by atoms with Gasteiger partial charge in [-0.1, -0.05) is 26.0 Å².